The Morgan fingerprint density at radius 3 is 2.12 bits per heavy atom. The van der Waals surface area contributed by atoms with E-state index in [9.17, 15) is 18.0 Å². The van der Waals surface area contributed by atoms with E-state index in [2.05, 4.69) is 0 Å². The van der Waals surface area contributed by atoms with Gasteiger partial charge in [0.25, 0.3) is 10.0 Å². The van der Waals surface area contributed by atoms with Crippen molar-refractivity contribution in [2.24, 2.45) is 0 Å². The Morgan fingerprint density at radius 1 is 1.00 bits per heavy atom. The summed E-state index contributed by atoms with van der Waals surface area (Å²) in [5.74, 6) is -1.27. The van der Waals surface area contributed by atoms with Gasteiger partial charge in [0, 0.05) is 5.69 Å². The maximum absolute atomic E-state index is 12.2. The normalized spacial score (nSPS) is 11.2. The van der Waals surface area contributed by atoms with Crippen LogP contribution in [0.25, 0.3) is 6.08 Å². The highest BCUT2D eigenvalue weighted by molar-refractivity contribution is 7.93. The second kappa shape index (κ2) is 8.11. The molecule has 0 atom stereocenters. The smallest absolute Gasteiger partial charge is 0.336 e. The summed E-state index contributed by atoms with van der Waals surface area (Å²) in [6.07, 6.45) is 1.33. The van der Waals surface area contributed by atoms with E-state index in [4.69, 9.17) is 5.11 Å². The number of carbonyl (C=O) groups is 2. The van der Waals surface area contributed by atoms with Gasteiger partial charge in [0.15, 0.2) is 0 Å². The molecule has 0 heterocycles. The zero-order chi connectivity index (χ0) is 18.3. The molecule has 0 aliphatic heterocycles. The van der Waals surface area contributed by atoms with Gasteiger partial charge in [0.2, 0.25) is 0 Å². The van der Waals surface area contributed by atoms with Crippen molar-refractivity contribution in [1.82, 2.24) is 4.72 Å². The fourth-order valence-corrected chi connectivity index (χ4v) is 2.72. The van der Waals surface area contributed by atoms with E-state index in [1.54, 1.807) is 48.5 Å². The van der Waals surface area contributed by atoms with Gasteiger partial charge in [0.05, 0.1) is 5.41 Å². The molecule has 0 aliphatic carbocycles. The standard InChI is InChI=1S/C17H16N2O5S/c20-16(21)13-19(15-9-5-2-6-10-15)17(22)18-25(23,24)12-11-14-7-3-1-4-8-14/h1-12H,13H2,(H,18,22)(H,20,21). The number of benzene rings is 2. The second-order valence-corrected chi connectivity index (χ2v) is 6.55. The van der Waals surface area contributed by atoms with Crippen molar-refractivity contribution >= 4 is 33.8 Å². The minimum atomic E-state index is -4.08. The van der Waals surface area contributed by atoms with Crippen LogP contribution in [0.4, 0.5) is 10.5 Å². The van der Waals surface area contributed by atoms with Crippen LogP contribution in [0.15, 0.2) is 66.1 Å². The highest BCUT2D eigenvalue weighted by Crippen LogP contribution is 2.13. The van der Waals surface area contributed by atoms with Crippen molar-refractivity contribution < 1.29 is 23.1 Å². The highest BCUT2D eigenvalue weighted by atomic mass is 32.2. The van der Waals surface area contributed by atoms with Gasteiger partial charge in [-0.15, -0.1) is 0 Å². The van der Waals surface area contributed by atoms with Gasteiger partial charge in [-0.25, -0.2) is 17.9 Å². The number of anilines is 1. The SMILES string of the molecule is O=C(O)CN(C(=O)NS(=O)(=O)C=Cc1ccccc1)c1ccccc1. The minimum Gasteiger partial charge on any atom is -0.480 e. The topological polar surface area (TPSA) is 104 Å². The number of carbonyl (C=O) groups excluding carboxylic acids is 1. The molecule has 0 spiro atoms. The summed E-state index contributed by atoms with van der Waals surface area (Å²) in [5.41, 5.74) is 0.912. The van der Waals surface area contributed by atoms with Gasteiger partial charge in [-0.3, -0.25) is 9.69 Å². The fourth-order valence-electron chi connectivity index (χ4n) is 1.97. The van der Waals surface area contributed by atoms with Crippen LogP contribution in [0.2, 0.25) is 0 Å². The third-order valence-electron chi connectivity index (χ3n) is 3.08. The van der Waals surface area contributed by atoms with Crippen LogP contribution in [0, 0.1) is 0 Å². The molecule has 2 rings (SSSR count). The fraction of sp³-hybridized carbons (Fsp3) is 0.0588. The van der Waals surface area contributed by atoms with E-state index in [1.165, 1.54) is 18.2 Å². The van der Waals surface area contributed by atoms with E-state index >= 15 is 0 Å². The molecule has 2 aromatic rings. The zero-order valence-electron chi connectivity index (χ0n) is 13.1. The number of nitrogens with zero attached hydrogens (tertiary/aromatic N) is 1. The van der Waals surface area contributed by atoms with Gasteiger partial charge in [-0.05, 0) is 23.8 Å². The van der Waals surface area contributed by atoms with Crippen molar-refractivity contribution in [3.8, 4) is 0 Å². The molecule has 0 fully saturated rings. The molecule has 0 unspecified atom stereocenters. The maximum Gasteiger partial charge on any atom is 0.336 e. The van der Waals surface area contributed by atoms with Crippen molar-refractivity contribution in [2.45, 2.75) is 0 Å². The molecule has 130 valence electrons. The predicted octanol–water partition coefficient (Wildman–Crippen LogP) is 2.29. The second-order valence-electron chi connectivity index (χ2n) is 4.98. The van der Waals surface area contributed by atoms with Crippen molar-refractivity contribution in [3.05, 3.63) is 71.6 Å². The van der Waals surface area contributed by atoms with Crippen molar-refractivity contribution in [1.29, 1.82) is 0 Å². The molecule has 0 saturated heterocycles. The first-order chi connectivity index (χ1) is 11.9. The molecule has 0 radical (unpaired) electrons. The van der Waals surface area contributed by atoms with Crippen LogP contribution in [-0.2, 0) is 14.8 Å². The highest BCUT2D eigenvalue weighted by Gasteiger charge is 2.22. The summed E-state index contributed by atoms with van der Waals surface area (Å²) in [7, 11) is -4.08. The molecule has 2 N–H and O–H groups in total. The van der Waals surface area contributed by atoms with Crippen LogP contribution in [0.3, 0.4) is 0 Å². The summed E-state index contributed by atoms with van der Waals surface area (Å²) in [4.78, 5) is 24.1. The summed E-state index contributed by atoms with van der Waals surface area (Å²) in [6.45, 7) is -0.673. The Balaban J connectivity index is 2.16. The number of nitrogens with one attached hydrogen (secondary N) is 1. The van der Waals surface area contributed by atoms with Crippen LogP contribution in [-0.4, -0.2) is 32.1 Å². The first-order valence-electron chi connectivity index (χ1n) is 7.22. The largest absolute Gasteiger partial charge is 0.480 e. The van der Waals surface area contributed by atoms with Crippen molar-refractivity contribution in [2.75, 3.05) is 11.4 Å². The lowest BCUT2D eigenvalue weighted by atomic mass is 10.2. The van der Waals surface area contributed by atoms with Crippen molar-refractivity contribution in [3.63, 3.8) is 0 Å². The monoisotopic (exact) mass is 360 g/mol. The van der Waals surface area contributed by atoms with E-state index in [0.717, 1.165) is 10.3 Å². The molecule has 0 bridgehead atoms. The average molecular weight is 360 g/mol. The quantitative estimate of drug-likeness (QED) is 0.822. The number of carboxylic acid groups (broad SMARTS) is 1. The minimum absolute atomic E-state index is 0.268. The molecule has 0 saturated carbocycles. The van der Waals surface area contributed by atoms with Gasteiger partial charge in [-0.2, -0.15) is 0 Å². The molecular formula is C17H16N2O5S. The molecule has 7 nitrogen and oxygen atoms in total. The Kier molecular flexibility index (Phi) is 5.91. The molecular weight excluding hydrogens is 344 g/mol. The first-order valence-corrected chi connectivity index (χ1v) is 8.76. The molecule has 8 heteroatoms. The Bertz CT molecular complexity index is 864. The van der Waals surface area contributed by atoms with Gasteiger partial charge in [-0.1, -0.05) is 48.5 Å². The molecule has 25 heavy (non-hydrogen) atoms. The van der Waals surface area contributed by atoms with E-state index in [-0.39, 0.29) is 5.69 Å². The first kappa shape index (κ1) is 18.2. The van der Waals surface area contributed by atoms with E-state index < -0.39 is 28.6 Å². The van der Waals surface area contributed by atoms with Crippen LogP contribution in [0.1, 0.15) is 5.56 Å². The number of hydrogen-bond donors (Lipinski definition) is 2. The van der Waals surface area contributed by atoms with Crippen LogP contribution in [0.5, 0.6) is 0 Å². The number of sulfonamides is 1. The van der Waals surface area contributed by atoms with Crippen LogP contribution < -0.4 is 9.62 Å². The lowest BCUT2D eigenvalue weighted by Gasteiger charge is -2.20. The Labute approximate surface area is 145 Å². The number of carboxylic acids is 1. The summed E-state index contributed by atoms with van der Waals surface area (Å²) < 4.78 is 25.9. The number of aliphatic carboxylic acids is 1. The third-order valence-corrected chi connectivity index (χ3v) is 4.03. The number of para-hydroxylation sites is 1. The predicted molar refractivity (Wildman–Crippen MR) is 94.4 cm³/mol. The van der Waals surface area contributed by atoms with E-state index in [0.29, 0.717) is 5.56 Å². The average Bonchev–Trinajstić information content (AvgIpc) is 2.59. The maximum atomic E-state index is 12.2. The number of hydrogen-bond acceptors (Lipinski definition) is 4. The lowest BCUT2D eigenvalue weighted by molar-refractivity contribution is -0.135. The molecule has 2 aromatic carbocycles. The summed E-state index contributed by atoms with van der Waals surface area (Å²) >= 11 is 0. The number of urea groups is 1. The lowest BCUT2D eigenvalue weighted by Crippen LogP contribution is -2.44. The van der Waals surface area contributed by atoms with Gasteiger partial charge < -0.3 is 5.11 Å². The number of amides is 2. The molecule has 2 amide bonds. The Morgan fingerprint density at radius 2 is 1.56 bits per heavy atom. The third kappa shape index (κ3) is 5.78. The molecule has 0 aliphatic rings. The summed E-state index contributed by atoms with van der Waals surface area (Å²) in [5, 5.41) is 9.81. The molecule has 0 aromatic heterocycles. The van der Waals surface area contributed by atoms with Gasteiger partial charge >= 0.3 is 12.0 Å². The summed E-state index contributed by atoms with van der Waals surface area (Å²) in [6, 6.07) is 15.6. The number of rotatable bonds is 6. The van der Waals surface area contributed by atoms with Gasteiger partial charge in [0.1, 0.15) is 6.54 Å². The zero-order valence-corrected chi connectivity index (χ0v) is 13.9. The van der Waals surface area contributed by atoms with Crippen LogP contribution >= 0.6 is 0 Å². The van der Waals surface area contributed by atoms with E-state index in [1.807, 2.05) is 4.72 Å². The Hall–Kier alpha value is -3.13.